The Bertz CT molecular complexity index is 167. The minimum Gasteiger partial charge on any atom is -0.365 e. The van der Waals surface area contributed by atoms with Gasteiger partial charge in [-0.3, -0.25) is 0 Å². The Morgan fingerprint density at radius 2 is 2.50 bits per heavy atom. The molecule has 0 aromatic carbocycles. The van der Waals surface area contributed by atoms with E-state index in [0.29, 0.717) is 5.92 Å². The zero-order chi connectivity index (χ0) is 7.40. The van der Waals surface area contributed by atoms with Gasteiger partial charge in [0.25, 0.3) is 0 Å². The summed E-state index contributed by atoms with van der Waals surface area (Å²) in [7, 11) is 0. The van der Waals surface area contributed by atoms with E-state index in [-0.39, 0.29) is 0 Å². The molecule has 56 valence electrons. The van der Waals surface area contributed by atoms with Gasteiger partial charge in [-0.15, -0.1) is 0 Å². The molecule has 1 aromatic heterocycles. The highest BCUT2D eigenvalue weighted by Gasteiger charge is 1.99. The van der Waals surface area contributed by atoms with E-state index in [1.54, 1.807) is 0 Å². The SMILES string of the molecule is CC(CN)Cc1ccc[nH]1. The largest absolute Gasteiger partial charge is 0.365 e. The molecule has 1 aromatic rings. The number of hydrogen-bond acceptors (Lipinski definition) is 1. The van der Waals surface area contributed by atoms with E-state index in [4.69, 9.17) is 5.73 Å². The zero-order valence-corrected chi connectivity index (χ0v) is 6.30. The minimum atomic E-state index is 0.582. The third kappa shape index (κ3) is 1.88. The van der Waals surface area contributed by atoms with E-state index in [2.05, 4.69) is 18.0 Å². The molecular weight excluding hydrogens is 124 g/mol. The van der Waals surface area contributed by atoms with E-state index < -0.39 is 0 Å². The first-order valence-electron chi connectivity index (χ1n) is 3.65. The molecule has 2 nitrogen and oxygen atoms in total. The van der Waals surface area contributed by atoms with Gasteiger partial charge in [-0.1, -0.05) is 6.92 Å². The van der Waals surface area contributed by atoms with Crippen molar-refractivity contribution in [1.82, 2.24) is 4.98 Å². The van der Waals surface area contributed by atoms with Gasteiger partial charge in [0.05, 0.1) is 0 Å². The molecule has 1 rings (SSSR count). The van der Waals surface area contributed by atoms with E-state index >= 15 is 0 Å². The van der Waals surface area contributed by atoms with E-state index in [1.807, 2.05) is 12.3 Å². The topological polar surface area (TPSA) is 41.8 Å². The van der Waals surface area contributed by atoms with Crippen LogP contribution in [0.4, 0.5) is 0 Å². The molecule has 0 aliphatic rings. The number of H-pyrrole nitrogens is 1. The van der Waals surface area contributed by atoms with Gasteiger partial charge in [-0.2, -0.15) is 0 Å². The molecule has 1 atom stereocenters. The fraction of sp³-hybridized carbons (Fsp3) is 0.500. The van der Waals surface area contributed by atoms with Crippen molar-refractivity contribution in [3.8, 4) is 0 Å². The quantitative estimate of drug-likeness (QED) is 0.646. The number of nitrogens with one attached hydrogen (secondary N) is 1. The summed E-state index contributed by atoms with van der Waals surface area (Å²) in [5.41, 5.74) is 6.75. The summed E-state index contributed by atoms with van der Waals surface area (Å²) in [6.45, 7) is 2.92. The lowest BCUT2D eigenvalue weighted by atomic mass is 10.1. The molecule has 0 fully saturated rings. The molecule has 0 saturated heterocycles. The van der Waals surface area contributed by atoms with E-state index in [9.17, 15) is 0 Å². The number of aromatic nitrogens is 1. The molecule has 0 amide bonds. The number of aromatic amines is 1. The van der Waals surface area contributed by atoms with Crippen LogP contribution in [-0.2, 0) is 6.42 Å². The molecule has 0 saturated carbocycles. The molecule has 0 radical (unpaired) electrons. The minimum absolute atomic E-state index is 0.582. The van der Waals surface area contributed by atoms with Gasteiger partial charge in [0, 0.05) is 11.9 Å². The second kappa shape index (κ2) is 3.42. The monoisotopic (exact) mass is 138 g/mol. The highest BCUT2D eigenvalue weighted by molar-refractivity contribution is 5.04. The fourth-order valence-electron chi connectivity index (χ4n) is 0.953. The highest BCUT2D eigenvalue weighted by Crippen LogP contribution is 2.03. The second-order valence-electron chi connectivity index (χ2n) is 2.74. The van der Waals surface area contributed by atoms with Crippen molar-refractivity contribution in [2.45, 2.75) is 13.3 Å². The zero-order valence-electron chi connectivity index (χ0n) is 6.30. The van der Waals surface area contributed by atoms with Crippen LogP contribution in [0.25, 0.3) is 0 Å². The van der Waals surface area contributed by atoms with E-state index in [1.165, 1.54) is 5.69 Å². The van der Waals surface area contributed by atoms with Crippen LogP contribution in [0, 0.1) is 5.92 Å². The Balaban J connectivity index is 2.40. The van der Waals surface area contributed by atoms with Crippen LogP contribution in [0.3, 0.4) is 0 Å². The van der Waals surface area contributed by atoms with Gasteiger partial charge in [-0.05, 0) is 31.0 Å². The highest BCUT2D eigenvalue weighted by atomic mass is 14.7. The molecule has 3 N–H and O–H groups in total. The van der Waals surface area contributed by atoms with Gasteiger partial charge in [-0.25, -0.2) is 0 Å². The number of rotatable bonds is 3. The van der Waals surface area contributed by atoms with Gasteiger partial charge in [0.15, 0.2) is 0 Å². The Labute approximate surface area is 61.4 Å². The summed E-state index contributed by atoms with van der Waals surface area (Å²) in [4.78, 5) is 3.15. The molecule has 10 heavy (non-hydrogen) atoms. The summed E-state index contributed by atoms with van der Waals surface area (Å²) < 4.78 is 0. The first kappa shape index (κ1) is 7.35. The average molecular weight is 138 g/mol. The van der Waals surface area contributed by atoms with Crippen molar-refractivity contribution in [3.63, 3.8) is 0 Å². The maximum atomic E-state index is 5.47. The van der Waals surface area contributed by atoms with Gasteiger partial charge in [0.1, 0.15) is 0 Å². The third-order valence-electron chi connectivity index (χ3n) is 1.63. The molecule has 0 bridgehead atoms. The summed E-state index contributed by atoms with van der Waals surface area (Å²) in [5, 5.41) is 0. The Morgan fingerprint density at radius 1 is 1.70 bits per heavy atom. The lowest BCUT2D eigenvalue weighted by molar-refractivity contribution is 0.586. The van der Waals surface area contributed by atoms with Crippen molar-refractivity contribution >= 4 is 0 Å². The van der Waals surface area contributed by atoms with Crippen LogP contribution in [0.2, 0.25) is 0 Å². The molecule has 0 aliphatic carbocycles. The first-order chi connectivity index (χ1) is 4.83. The smallest absolute Gasteiger partial charge is 0.0150 e. The van der Waals surface area contributed by atoms with Gasteiger partial charge >= 0.3 is 0 Å². The molecule has 0 aliphatic heterocycles. The van der Waals surface area contributed by atoms with E-state index in [0.717, 1.165) is 13.0 Å². The van der Waals surface area contributed by atoms with Crippen LogP contribution in [0.15, 0.2) is 18.3 Å². The third-order valence-corrected chi connectivity index (χ3v) is 1.63. The number of nitrogens with two attached hydrogens (primary N) is 1. The lowest BCUT2D eigenvalue weighted by Crippen LogP contribution is -2.13. The maximum Gasteiger partial charge on any atom is 0.0150 e. The summed E-state index contributed by atoms with van der Waals surface area (Å²) in [6.07, 6.45) is 3.00. The average Bonchev–Trinajstić information content (AvgIpc) is 2.40. The Morgan fingerprint density at radius 3 is 3.00 bits per heavy atom. The lowest BCUT2D eigenvalue weighted by Gasteiger charge is -2.04. The van der Waals surface area contributed by atoms with Crippen LogP contribution in [-0.4, -0.2) is 11.5 Å². The molecule has 1 unspecified atom stereocenters. The summed E-state index contributed by atoms with van der Waals surface area (Å²) in [6, 6.07) is 4.10. The van der Waals surface area contributed by atoms with Crippen LogP contribution in [0.1, 0.15) is 12.6 Å². The first-order valence-corrected chi connectivity index (χ1v) is 3.65. The number of hydrogen-bond donors (Lipinski definition) is 2. The van der Waals surface area contributed by atoms with Crippen molar-refractivity contribution in [2.24, 2.45) is 11.7 Å². The normalized spacial score (nSPS) is 13.4. The van der Waals surface area contributed by atoms with Gasteiger partial charge in [0.2, 0.25) is 0 Å². The van der Waals surface area contributed by atoms with Crippen molar-refractivity contribution in [2.75, 3.05) is 6.54 Å². The fourth-order valence-corrected chi connectivity index (χ4v) is 0.953. The summed E-state index contributed by atoms with van der Waals surface area (Å²) in [5.74, 6) is 0.582. The van der Waals surface area contributed by atoms with Crippen molar-refractivity contribution in [1.29, 1.82) is 0 Å². The molecular formula is C8H14N2. The van der Waals surface area contributed by atoms with Crippen LogP contribution < -0.4 is 5.73 Å². The van der Waals surface area contributed by atoms with Crippen LogP contribution >= 0.6 is 0 Å². The maximum absolute atomic E-state index is 5.47. The molecule has 1 heterocycles. The summed E-state index contributed by atoms with van der Waals surface area (Å²) >= 11 is 0. The van der Waals surface area contributed by atoms with Gasteiger partial charge < -0.3 is 10.7 Å². The molecule has 2 heteroatoms. The predicted octanol–water partition coefficient (Wildman–Crippen LogP) is 1.15. The standard InChI is InChI=1S/C8H14N2/c1-7(6-9)5-8-3-2-4-10-8/h2-4,7,10H,5-6,9H2,1H3. The second-order valence-corrected chi connectivity index (χ2v) is 2.74. The van der Waals surface area contributed by atoms with Crippen molar-refractivity contribution in [3.05, 3.63) is 24.0 Å². The van der Waals surface area contributed by atoms with Crippen molar-refractivity contribution < 1.29 is 0 Å². The Hall–Kier alpha value is -0.760. The predicted molar refractivity (Wildman–Crippen MR) is 42.7 cm³/mol. The van der Waals surface area contributed by atoms with Crippen LogP contribution in [0.5, 0.6) is 0 Å². The Kier molecular flexibility index (Phi) is 2.51. The molecule has 0 spiro atoms.